The summed E-state index contributed by atoms with van der Waals surface area (Å²) in [5, 5.41) is 8.95. The van der Waals surface area contributed by atoms with Crippen molar-refractivity contribution in [1.82, 2.24) is 4.98 Å². The summed E-state index contributed by atoms with van der Waals surface area (Å²) in [7, 11) is 1.55. The van der Waals surface area contributed by atoms with Crippen molar-refractivity contribution in [2.24, 2.45) is 5.92 Å². The molecular formula is C11H10ClN3O3S. The minimum Gasteiger partial charge on any atom is -0.309 e. The number of carbonyl (C=O) groups excluding carboxylic acids is 1. The van der Waals surface area contributed by atoms with Gasteiger partial charge in [-0.25, -0.2) is 13.4 Å². The van der Waals surface area contributed by atoms with Crippen LogP contribution in [0, 0.1) is 17.2 Å². The number of amides is 1. The molecule has 1 aromatic heterocycles. The highest BCUT2D eigenvalue weighted by Gasteiger charge is 2.34. The normalized spacial score (nSPS) is 19.5. The van der Waals surface area contributed by atoms with Crippen LogP contribution in [0.5, 0.6) is 0 Å². The fourth-order valence-electron chi connectivity index (χ4n) is 2.11. The average Bonchev–Trinajstić information content (AvgIpc) is 2.67. The van der Waals surface area contributed by atoms with Gasteiger partial charge in [0.25, 0.3) is 0 Å². The van der Waals surface area contributed by atoms with Gasteiger partial charge in [0, 0.05) is 35.8 Å². The zero-order chi connectivity index (χ0) is 14.0. The lowest BCUT2D eigenvalue weighted by molar-refractivity contribution is -0.117. The van der Waals surface area contributed by atoms with E-state index >= 15 is 0 Å². The van der Waals surface area contributed by atoms with Crippen molar-refractivity contribution in [1.29, 1.82) is 5.26 Å². The summed E-state index contributed by atoms with van der Waals surface area (Å²) in [6.07, 6.45) is 1.56. The van der Waals surface area contributed by atoms with Gasteiger partial charge in [-0.1, -0.05) is 0 Å². The number of aromatic nitrogens is 1. The summed E-state index contributed by atoms with van der Waals surface area (Å²) in [5.41, 5.74) is 0.551. The van der Waals surface area contributed by atoms with Gasteiger partial charge in [-0.2, -0.15) is 5.26 Å². The van der Waals surface area contributed by atoms with Crippen LogP contribution in [0.3, 0.4) is 0 Å². The summed E-state index contributed by atoms with van der Waals surface area (Å²) in [4.78, 5) is 17.2. The van der Waals surface area contributed by atoms with Crippen LogP contribution in [0.1, 0.15) is 12.1 Å². The van der Waals surface area contributed by atoms with Crippen molar-refractivity contribution in [3.63, 3.8) is 0 Å². The van der Waals surface area contributed by atoms with Gasteiger partial charge in [-0.15, -0.1) is 0 Å². The number of pyridine rings is 1. The fourth-order valence-corrected chi connectivity index (χ4v) is 3.43. The second kappa shape index (κ2) is 5.15. The Balaban J connectivity index is 2.24. The first-order valence-electron chi connectivity index (χ1n) is 5.48. The molecule has 6 nitrogen and oxygen atoms in total. The van der Waals surface area contributed by atoms with Crippen LogP contribution < -0.4 is 4.90 Å². The van der Waals surface area contributed by atoms with Crippen molar-refractivity contribution in [3.8, 4) is 6.07 Å². The van der Waals surface area contributed by atoms with E-state index in [-0.39, 0.29) is 36.2 Å². The molecule has 0 aromatic carbocycles. The highest BCUT2D eigenvalue weighted by Crippen LogP contribution is 2.27. The van der Waals surface area contributed by atoms with Crippen LogP contribution in [-0.2, 0) is 13.8 Å². The SMILES string of the molecule is N#Cc1ncccc1N1CC(CS(=O)(=O)Cl)CC1=O. The van der Waals surface area contributed by atoms with Crippen molar-refractivity contribution in [3.05, 3.63) is 24.0 Å². The molecule has 19 heavy (non-hydrogen) atoms. The highest BCUT2D eigenvalue weighted by molar-refractivity contribution is 8.13. The van der Waals surface area contributed by atoms with E-state index in [1.54, 1.807) is 12.1 Å². The van der Waals surface area contributed by atoms with Gasteiger partial charge >= 0.3 is 0 Å². The number of hydrogen-bond donors (Lipinski definition) is 0. The number of anilines is 1. The zero-order valence-electron chi connectivity index (χ0n) is 9.78. The van der Waals surface area contributed by atoms with Gasteiger partial charge < -0.3 is 4.90 Å². The summed E-state index contributed by atoms with van der Waals surface area (Å²) in [5.74, 6) is -0.838. The van der Waals surface area contributed by atoms with Gasteiger partial charge in [0.1, 0.15) is 6.07 Å². The van der Waals surface area contributed by atoms with E-state index in [2.05, 4.69) is 4.98 Å². The van der Waals surface area contributed by atoms with E-state index in [0.717, 1.165) is 0 Å². The van der Waals surface area contributed by atoms with Gasteiger partial charge in [0.15, 0.2) is 5.69 Å². The smallest absolute Gasteiger partial charge is 0.232 e. The predicted molar refractivity (Wildman–Crippen MR) is 69.1 cm³/mol. The second-order valence-electron chi connectivity index (χ2n) is 4.26. The molecule has 0 N–H and O–H groups in total. The largest absolute Gasteiger partial charge is 0.309 e. The topological polar surface area (TPSA) is 91.1 Å². The molecular weight excluding hydrogens is 290 g/mol. The molecule has 0 bridgehead atoms. The van der Waals surface area contributed by atoms with Crippen molar-refractivity contribution < 1.29 is 13.2 Å². The number of hydrogen-bond acceptors (Lipinski definition) is 5. The average molecular weight is 300 g/mol. The summed E-state index contributed by atoms with van der Waals surface area (Å²) < 4.78 is 22.1. The molecule has 2 heterocycles. The molecule has 1 unspecified atom stereocenters. The van der Waals surface area contributed by atoms with E-state index in [1.807, 2.05) is 6.07 Å². The summed E-state index contributed by atoms with van der Waals surface area (Å²) in [6.45, 7) is 0.227. The standard InChI is InChI=1S/C11H10ClN3O3S/c12-19(17,18)7-8-4-11(16)15(6-8)10-2-1-3-14-9(10)5-13/h1-3,8H,4,6-7H2. The van der Waals surface area contributed by atoms with Gasteiger partial charge in [0.05, 0.1) is 11.4 Å². The molecule has 1 aromatic rings. The Hall–Kier alpha value is -1.65. The lowest BCUT2D eigenvalue weighted by Gasteiger charge is -2.16. The van der Waals surface area contributed by atoms with E-state index in [9.17, 15) is 13.2 Å². The molecule has 1 saturated heterocycles. The first-order valence-corrected chi connectivity index (χ1v) is 7.96. The fraction of sp³-hybridized carbons (Fsp3) is 0.364. The van der Waals surface area contributed by atoms with E-state index in [4.69, 9.17) is 15.9 Å². The predicted octanol–water partition coefficient (Wildman–Crippen LogP) is 0.875. The molecule has 1 aliphatic heterocycles. The number of halogens is 1. The monoisotopic (exact) mass is 299 g/mol. The molecule has 0 spiro atoms. The second-order valence-corrected chi connectivity index (χ2v) is 7.08. The maximum atomic E-state index is 11.9. The van der Waals surface area contributed by atoms with Gasteiger partial charge in [0.2, 0.25) is 15.0 Å². The third kappa shape index (κ3) is 3.22. The highest BCUT2D eigenvalue weighted by atomic mass is 35.7. The molecule has 0 aliphatic carbocycles. The van der Waals surface area contributed by atoms with Gasteiger partial charge in [-0.05, 0) is 12.1 Å². The Morgan fingerprint density at radius 1 is 1.58 bits per heavy atom. The molecule has 1 fully saturated rings. The van der Waals surface area contributed by atoms with Crippen molar-refractivity contribution in [2.75, 3.05) is 17.2 Å². The lowest BCUT2D eigenvalue weighted by atomic mass is 10.1. The minimum absolute atomic E-state index is 0.103. The Morgan fingerprint density at radius 2 is 2.32 bits per heavy atom. The van der Waals surface area contributed by atoms with Crippen LogP contribution in [0.15, 0.2) is 18.3 Å². The van der Waals surface area contributed by atoms with Crippen molar-refractivity contribution >= 4 is 31.3 Å². The third-order valence-corrected chi connectivity index (χ3v) is 4.07. The minimum atomic E-state index is -3.64. The summed E-state index contributed by atoms with van der Waals surface area (Å²) in [6, 6.07) is 5.14. The van der Waals surface area contributed by atoms with E-state index in [0.29, 0.717) is 5.69 Å². The third-order valence-electron chi connectivity index (χ3n) is 2.82. The van der Waals surface area contributed by atoms with Crippen molar-refractivity contribution in [2.45, 2.75) is 6.42 Å². The number of rotatable bonds is 3. The first-order chi connectivity index (χ1) is 8.90. The van der Waals surface area contributed by atoms with E-state index < -0.39 is 9.05 Å². The Labute approximate surface area is 115 Å². The lowest BCUT2D eigenvalue weighted by Crippen LogP contribution is -2.26. The maximum Gasteiger partial charge on any atom is 0.232 e. The van der Waals surface area contributed by atoms with Crippen LogP contribution in [0.4, 0.5) is 5.69 Å². The molecule has 0 saturated carbocycles. The molecule has 100 valence electrons. The molecule has 1 aliphatic rings. The molecule has 1 atom stereocenters. The van der Waals surface area contributed by atoms with Gasteiger partial charge in [-0.3, -0.25) is 4.79 Å². The Kier molecular flexibility index (Phi) is 3.73. The number of carbonyl (C=O) groups is 1. The van der Waals surface area contributed by atoms with Crippen LogP contribution >= 0.6 is 10.7 Å². The molecule has 8 heteroatoms. The number of nitriles is 1. The quantitative estimate of drug-likeness (QED) is 0.773. The van der Waals surface area contributed by atoms with E-state index in [1.165, 1.54) is 11.1 Å². The van der Waals surface area contributed by atoms with Crippen LogP contribution in [0.25, 0.3) is 0 Å². The number of nitrogens with zero attached hydrogens (tertiary/aromatic N) is 3. The molecule has 1 amide bonds. The first kappa shape index (κ1) is 13.8. The Bertz CT molecular complexity index is 653. The molecule has 0 radical (unpaired) electrons. The van der Waals surface area contributed by atoms with Crippen LogP contribution in [-0.4, -0.2) is 31.6 Å². The maximum absolute atomic E-state index is 11.9. The Morgan fingerprint density at radius 3 is 2.95 bits per heavy atom. The molecule has 2 rings (SSSR count). The summed E-state index contributed by atoms with van der Waals surface area (Å²) >= 11 is 0. The zero-order valence-corrected chi connectivity index (χ0v) is 11.4. The van der Waals surface area contributed by atoms with Crippen LogP contribution in [0.2, 0.25) is 0 Å².